The lowest BCUT2D eigenvalue weighted by molar-refractivity contribution is 0.0473. The molecule has 0 atom stereocenters. The molecule has 4 rings (SSSR count). The fraction of sp³-hybridized carbons (Fsp3) is 0.227. The molecule has 0 N–H and O–H groups in total. The van der Waals surface area contributed by atoms with Crippen LogP contribution in [-0.4, -0.2) is 24.0 Å². The van der Waals surface area contributed by atoms with Crippen molar-refractivity contribution in [2.45, 2.75) is 19.4 Å². The highest BCUT2D eigenvalue weighted by Crippen LogP contribution is 2.27. The maximum absolute atomic E-state index is 12.8. The minimum Gasteiger partial charge on any atom is -0.457 e. The first-order valence-corrected chi connectivity index (χ1v) is 9.05. The third-order valence-electron chi connectivity index (χ3n) is 4.76. The van der Waals surface area contributed by atoms with Gasteiger partial charge in [-0.2, -0.15) is 5.26 Å². The Kier molecular flexibility index (Phi) is 4.71. The number of anilines is 1. The fourth-order valence-corrected chi connectivity index (χ4v) is 3.38. The maximum atomic E-state index is 12.8. The Morgan fingerprint density at radius 3 is 2.74 bits per heavy atom. The van der Waals surface area contributed by atoms with Gasteiger partial charge in [0.25, 0.3) is 0 Å². The lowest BCUT2D eigenvalue weighted by atomic mass is 10.1. The number of nitrogens with zero attached hydrogens (tertiary/aromatic N) is 3. The smallest absolute Gasteiger partial charge is 0.342 e. The summed E-state index contributed by atoms with van der Waals surface area (Å²) in [7, 11) is 0. The molecule has 134 valence electrons. The van der Waals surface area contributed by atoms with Gasteiger partial charge in [0.05, 0.1) is 17.1 Å². The third kappa shape index (κ3) is 3.61. The number of para-hydroxylation sites is 1. The molecule has 27 heavy (non-hydrogen) atoms. The number of esters is 1. The molecule has 1 aromatic heterocycles. The number of benzene rings is 2. The van der Waals surface area contributed by atoms with E-state index in [9.17, 15) is 4.79 Å². The highest BCUT2D eigenvalue weighted by molar-refractivity contribution is 5.99. The molecule has 0 radical (unpaired) electrons. The van der Waals surface area contributed by atoms with Crippen molar-refractivity contribution >= 4 is 22.7 Å². The van der Waals surface area contributed by atoms with Gasteiger partial charge in [-0.25, -0.2) is 9.78 Å². The summed E-state index contributed by atoms with van der Waals surface area (Å²) in [5.41, 5.74) is 2.71. The molecule has 5 heteroatoms. The number of aromatic nitrogens is 1. The normalized spacial score (nSPS) is 13.5. The maximum Gasteiger partial charge on any atom is 0.342 e. The number of hydrogen-bond acceptors (Lipinski definition) is 5. The van der Waals surface area contributed by atoms with Gasteiger partial charge in [-0.15, -0.1) is 0 Å². The van der Waals surface area contributed by atoms with E-state index in [0.717, 1.165) is 42.4 Å². The molecule has 3 aromatic rings. The van der Waals surface area contributed by atoms with E-state index in [-0.39, 0.29) is 6.61 Å². The number of pyridine rings is 1. The van der Waals surface area contributed by atoms with Crippen molar-refractivity contribution in [3.63, 3.8) is 0 Å². The van der Waals surface area contributed by atoms with E-state index in [1.165, 1.54) is 0 Å². The molecule has 2 heterocycles. The quantitative estimate of drug-likeness (QED) is 0.659. The molecular formula is C22H19N3O2. The first-order valence-electron chi connectivity index (χ1n) is 9.05. The summed E-state index contributed by atoms with van der Waals surface area (Å²) in [6.07, 6.45) is 2.20. The summed E-state index contributed by atoms with van der Waals surface area (Å²) < 4.78 is 5.55. The van der Waals surface area contributed by atoms with Crippen LogP contribution in [0.25, 0.3) is 10.9 Å². The largest absolute Gasteiger partial charge is 0.457 e. The average molecular weight is 357 g/mol. The van der Waals surface area contributed by atoms with Gasteiger partial charge in [0.2, 0.25) is 0 Å². The van der Waals surface area contributed by atoms with Crippen LogP contribution in [0.5, 0.6) is 0 Å². The predicted molar refractivity (Wildman–Crippen MR) is 103 cm³/mol. The Labute approximate surface area is 157 Å². The van der Waals surface area contributed by atoms with Gasteiger partial charge in [-0.05, 0) is 42.7 Å². The van der Waals surface area contributed by atoms with Crippen LogP contribution >= 0.6 is 0 Å². The van der Waals surface area contributed by atoms with Crippen LogP contribution in [0.3, 0.4) is 0 Å². The Morgan fingerprint density at radius 1 is 1.11 bits per heavy atom. The summed E-state index contributed by atoms with van der Waals surface area (Å²) >= 11 is 0. The molecule has 0 unspecified atom stereocenters. The molecule has 0 saturated carbocycles. The first kappa shape index (κ1) is 17.0. The third-order valence-corrected chi connectivity index (χ3v) is 4.76. The Bertz CT molecular complexity index is 1030. The first-order chi connectivity index (χ1) is 13.2. The zero-order valence-corrected chi connectivity index (χ0v) is 14.9. The van der Waals surface area contributed by atoms with Crippen molar-refractivity contribution in [1.82, 2.24) is 4.98 Å². The van der Waals surface area contributed by atoms with E-state index in [1.54, 1.807) is 18.2 Å². The van der Waals surface area contributed by atoms with Gasteiger partial charge >= 0.3 is 5.97 Å². The standard InChI is InChI=1S/C22H19N3O2/c23-14-16-6-5-7-17(12-16)15-27-22(26)19-13-18-8-1-2-9-20(18)24-21(19)25-10-3-4-11-25/h1-2,5-9,12-13H,3-4,10-11,15H2. The highest BCUT2D eigenvalue weighted by atomic mass is 16.5. The average Bonchev–Trinajstić information content (AvgIpc) is 3.26. The van der Waals surface area contributed by atoms with Gasteiger partial charge in [-0.3, -0.25) is 0 Å². The summed E-state index contributed by atoms with van der Waals surface area (Å²) in [4.78, 5) is 19.7. The van der Waals surface area contributed by atoms with E-state index in [2.05, 4.69) is 11.0 Å². The SMILES string of the molecule is N#Cc1cccc(COC(=O)c2cc3ccccc3nc2N2CCCC2)c1. The van der Waals surface area contributed by atoms with Crippen LogP contribution < -0.4 is 4.90 Å². The second-order valence-corrected chi connectivity index (χ2v) is 6.63. The Hall–Kier alpha value is -3.39. The van der Waals surface area contributed by atoms with Gasteiger partial charge in [0.15, 0.2) is 0 Å². The fourth-order valence-electron chi connectivity index (χ4n) is 3.38. The second-order valence-electron chi connectivity index (χ2n) is 6.63. The number of fused-ring (bicyclic) bond motifs is 1. The minimum absolute atomic E-state index is 0.126. The topological polar surface area (TPSA) is 66.2 Å². The number of carbonyl (C=O) groups is 1. The predicted octanol–water partition coefficient (Wildman–Crippen LogP) is 4.06. The number of carbonyl (C=O) groups excluding carboxylic acids is 1. The van der Waals surface area contributed by atoms with E-state index >= 15 is 0 Å². The van der Waals surface area contributed by atoms with Crippen LogP contribution in [0, 0.1) is 11.3 Å². The lowest BCUT2D eigenvalue weighted by Gasteiger charge is -2.20. The van der Waals surface area contributed by atoms with Crippen LogP contribution in [0.4, 0.5) is 5.82 Å². The van der Waals surface area contributed by atoms with E-state index < -0.39 is 5.97 Å². The minimum atomic E-state index is -0.391. The number of rotatable bonds is 4. The van der Waals surface area contributed by atoms with E-state index in [1.807, 2.05) is 36.4 Å². The van der Waals surface area contributed by atoms with E-state index in [4.69, 9.17) is 15.0 Å². The van der Waals surface area contributed by atoms with Crippen LogP contribution in [0.1, 0.15) is 34.3 Å². The summed E-state index contributed by atoms with van der Waals surface area (Å²) in [5, 5.41) is 9.92. The molecular weight excluding hydrogens is 338 g/mol. The van der Waals surface area contributed by atoms with Gasteiger partial charge in [0.1, 0.15) is 18.0 Å². The van der Waals surface area contributed by atoms with Crippen molar-refractivity contribution in [3.05, 3.63) is 71.3 Å². The molecule has 0 aliphatic carbocycles. The van der Waals surface area contributed by atoms with Crippen LogP contribution in [0.15, 0.2) is 54.6 Å². The number of nitriles is 1. The van der Waals surface area contributed by atoms with Crippen molar-refractivity contribution in [2.24, 2.45) is 0 Å². The molecule has 5 nitrogen and oxygen atoms in total. The van der Waals surface area contributed by atoms with Gasteiger partial charge < -0.3 is 9.64 Å². The van der Waals surface area contributed by atoms with Crippen LogP contribution in [0.2, 0.25) is 0 Å². The Balaban J connectivity index is 1.63. The van der Waals surface area contributed by atoms with Crippen LogP contribution in [-0.2, 0) is 11.3 Å². The van der Waals surface area contributed by atoms with Gasteiger partial charge in [-0.1, -0.05) is 30.3 Å². The summed E-state index contributed by atoms with van der Waals surface area (Å²) in [5.74, 6) is 0.305. The van der Waals surface area contributed by atoms with Crippen molar-refractivity contribution in [3.8, 4) is 6.07 Å². The van der Waals surface area contributed by atoms with Crippen molar-refractivity contribution in [2.75, 3.05) is 18.0 Å². The molecule has 1 aliphatic heterocycles. The molecule has 1 saturated heterocycles. The summed E-state index contributed by atoms with van der Waals surface area (Å²) in [6, 6.07) is 18.8. The van der Waals surface area contributed by atoms with Gasteiger partial charge in [0, 0.05) is 18.5 Å². The molecule has 0 bridgehead atoms. The monoisotopic (exact) mass is 357 g/mol. The zero-order chi connectivity index (χ0) is 18.6. The van der Waals surface area contributed by atoms with Crippen molar-refractivity contribution < 1.29 is 9.53 Å². The summed E-state index contributed by atoms with van der Waals surface area (Å²) in [6.45, 7) is 1.92. The molecule has 1 fully saturated rings. The number of hydrogen-bond donors (Lipinski definition) is 0. The lowest BCUT2D eigenvalue weighted by Crippen LogP contribution is -2.23. The molecule has 1 aliphatic rings. The van der Waals surface area contributed by atoms with E-state index in [0.29, 0.717) is 16.9 Å². The second kappa shape index (κ2) is 7.46. The Morgan fingerprint density at radius 2 is 1.93 bits per heavy atom. The highest BCUT2D eigenvalue weighted by Gasteiger charge is 2.23. The molecule has 0 amide bonds. The molecule has 2 aromatic carbocycles. The zero-order valence-electron chi connectivity index (χ0n) is 14.9. The molecule has 0 spiro atoms. The number of ether oxygens (including phenoxy) is 1. The van der Waals surface area contributed by atoms with Crippen molar-refractivity contribution in [1.29, 1.82) is 5.26 Å².